The smallest absolute Gasteiger partial charge is 0.254 e. The summed E-state index contributed by atoms with van der Waals surface area (Å²) in [5.74, 6) is 0.421. The van der Waals surface area contributed by atoms with Crippen LogP contribution in [0.5, 0.6) is 17.2 Å². The lowest BCUT2D eigenvalue weighted by atomic mass is 9.96. The summed E-state index contributed by atoms with van der Waals surface area (Å²) in [7, 11) is 4.50. The maximum Gasteiger partial charge on any atom is 0.254 e. The summed E-state index contributed by atoms with van der Waals surface area (Å²) in [4.78, 5) is 29.6. The van der Waals surface area contributed by atoms with E-state index in [0.717, 1.165) is 16.7 Å². The molecule has 1 saturated heterocycles. The molecule has 0 spiro atoms. The number of allylic oxidation sites excluding steroid dienone is 1. The monoisotopic (exact) mass is 564 g/mol. The van der Waals surface area contributed by atoms with Crippen LogP contribution in [0, 0.1) is 11.6 Å². The molecule has 0 saturated carbocycles. The van der Waals surface area contributed by atoms with Gasteiger partial charge in [0, 0.05) is 38.2 Å². The Kier molecular flexibility index (Phi) is 9.95. The molecule has 1 heterocycles. The van der Waals surface area contributed by atoms with Gasteiger partial charge in [0.2, 0.25) is 11.7 Å². The number of carbonyl (C=O) groups excluding carboxylic acids is 2. The average molecular weight is 565 g/mol. The highest BCUT2D eigenvalue weighted by Gasteiger charge is 2.26. The van der Waals surface area contributed by atoms with Gasteiger partial charge in [-0.3, -0.25) is 9.59 Å². The fraction of sp³-hybridized carbons (Fsp3) is 0.312. The third kappa shape index (κ3) is 7.22. The van der Waals surface area contributed by atoms with Crippen LogP contribution in [0.15, 0.2) is 66.7 Å². The van der Waals surface area contributed by atoms with Crippen LogP contribution in [0.4, 0.5) is 8.78 Å². The SMILES string of the molecule is COc1cc(C(=O)N2CCN(C(=O)CCCC=C(c3ccc(F)cc3)c3ccc(F)cc3)CC2)cc(OC)c1OC. The Morgan fingerprint density at radius 1 is 0.732 bits per heavy atom. The van der Waals surface area contributed by atoms with E-state index in [1.54, 1.807) is 46.2 Å². The van der Waals surface area contributed by atoms with Crippen LogP contribution in [-0.4, -0.2) is 69.1 Å². The summed E-state index contributed by atoms with van der Waals surface area (Å²) in [5.41, 5.74) is 2.91. The Morgan fingerprint density at radius 3 is 1.68 bits per heavy atom. The van der Waals surface area contributed by atoms with E-state index in [-0.39, 0.29) is 23.4 Å². The molecule has 216 valence electrons. The molecule has 7 nitrogen and oxygen atoms in total. The second-order valence-electron chi connectivity index (χ2n) is 9.61. The Hall–Kier alpha value is -4.40. The van der Waals surface area contributed by atoms with Gasteiger partial charge in [0.05, 0.1) is 21.3 Å². The number of carbonyl (C=O) groups is 2. The van der Waals surface area contributed by atoms with Gasteiger partial charge in [-0.1, -0.05) is 30.3 Å². The molecule has 1 aliphatic heterocycles. The second-order valence-corrected chi connectivity index (χ2v) is 9.61. The molecule has 41 heavy (non-hydrogen) atoms. The molecule has 0 bridgehead atoms. The van der Waals surface area contributed by atoms with Crippen LogP contribution in [-0.2, 0) is 4.79 Å². The molecule has 3 aromatic carbocycles. The number of piperazine rings is 1. The van der Waals surface area contributed by atoms with Crippen molar-refractivity contribution < 1.29 is 32.6 Å². The highest BCUT2D eigenvalue weighted by molar-refractivity contribution is 5.96. The topological polar surface area (TPSA) is 68.3 Å². The molecule has 9 heteroatoms. The molecule has 4 rings (SSSR count). The van der Waals surface area contributed by atoms with Crippen LogP contribution in [0.25, 0.3) is 5.57 Å². The summed E-state index contributed by atoms with van der Waals surface area (Å²) >= 11 is 0. The molecule has 1 fully saturated rings. The van der Waals surface area contributed by atoms with Crippen molar-refractivity contribution in [1.82, 2.24) is 9.80 Å². The summed E-state index contributed by atoms with van der Waals surface area (Å²) in [6.45, 7) is 1.73. The van der Waals surface area contributed by atoms with Crippen LogP contribution in [0.1, 0.15) is 40.7 Å². The highest BCUT2D eigenvalue weighted by atomic mass is 19.1. The second kappa shape index (κ2) is 13.8. The van der Waals surface area contributed by atoms with Crippen molar-refractivity contribution in [2.75, 3.05) is 47.5 Å². The number of methoxy groups -OCH3 is 3. The van der Waals surface area contributed by atoms with Crippen LogP contribution in [0.3, 0.4) is 0 Å². The van der Waals surface area contributed by atoms with Gasteiger partial charge in [0.15, 0.2) is 11.5 Å². The summed E-state index contributed by atoms with van der Waals surface area (Å²) < 4.78 is 43.0. The Bertz CT molecular complexity index is 1310. The van der Waals surface area contributed by atoms with Gasteiger partial charge >= 0.3 is 0 Å². The van der Waals surface area contributed by atoms with E-state index < -0.39 is 0 Å². The molecular formula is C32H34F2N2O5. The van der Waals surface area contributed by atoms with Gasteiger partial charge in [-0.15, -0.1) is 0 Å². The average Bonchev–Trinajstić information content (AvgIpc) is 3.01. The van der Waals surface area contributed by atoms with E-state index in [0.29, 0.717) is 68.3 Å². The molecule has 0 aliphatic carbocycles. The number of ether oxygens (including phenoxy) is 3. The molecule has 0 atom stereocenters. The number of benzene rings is 3. The molecule has 0 N–H and O–H groups in total. The predicted octanol–water partition coefficient (Wildman–Crippen LogP) is 5.58. The number of amides is 2. The van der Waals surface area contributed by atoms with Gasteiger partial charge in [0.1, 0.15) is 11.6 Å². The van der Waals surface area contributed by atoms with Gasteiger partial charge in [-0.05, 0) is 65.9 Å². The predicted molar refractivity (Wildman–Crippen MR) is 152 cm³/mol. The standard InChI is InChI=1S/C32H34F2N2O5/c1-39-28-20-24(21-29(40-2)31(28)41-3)32(38)36-18-16-35(17-19-36)30(37)7-5-4-6-27(22-8-12-25(33)13-9-22)23-10-14-26(34)15-11-23/h6,8-15,20-21H,4-5,7,16-19H2,1-3H3. The van der Waals surface area contributed by atoms with Crippen molar-refractivity contribution in [3.8, 4) is 17.2 Å². The van der Waals surface area contributed by atoms with Crippen LogP contribution >= 0.6 is 0 Å². The first-order valence-corrected chi connectivity index (χ1v) is 13.4. The zero-order chi connectivity index (χ0) is 29.4. The molecule has 0 aromatic heterocycles. The molecule has 1 aliphatic rings. The zero-order valence-electron chi connectivity index (χ0n) is 23.5. The zero-order valence-corrected chi connectivity index (χ0v) is 23.5. The highest BCUT2D eigenvalue weighted by Crippen LogP contribution is 2.38. The van der Waals surface area contributed by atoms with Crippen LogP contribution in [0.2, 0.25) is 0 Å². The molecule has 0 unspecified atom stereocenters. The summed E-state index contributed by atoms with van der Waals surface area (Å²) in [5, 5.41) is 0. The first-order valence-electron chi connectivity index (χ1n) is 13.4. The fourth-order valence-corrected chi connectivity index (χ4v) is 4.87. The lowest BCUT2D eigenvalue weighted by Crippen LogP contribution is -2.50. The van der Waals surface area contributed by atoms with Crippen molar-refractivity contribution in [3.05, 3.63) is 95.1 Å². The van der Waals surface area contributed by atoms with E-state index in [1.807, 2.05) is 6.08 Å². The molecule has 2 amide bonds. The third-order valence-electron chi connectivity index (χ3n) is 7.08. The van der Waals surface area contributed by atoms with Gasteiger partial charge in [0.25, 0.3) is 5.91 Å². The van der Waals surface area contributed by atoms with Crippen LogP contribution < -0.4 is 14.2 Å². The minimum atomic E-state index is -0.331. The van der Waals surface area contributed by atoms with E-state index in [1.165, 1.54) is 45.6 Å². The number of halogens is 2. The van der Waals surface area contributed by atoms with E-state index in [9.17, 15) is 18.4 Å². The number of hydrogen-bond acceptors (Lipinski definition) is 5. The lowest BCUT2D eigenvalue weighted by Gasteiger charge is -2.35. The number of nitrogens with zero attached hydrogens (tertiary/aromatic N) is 2. The number of rotatable bonds is 10. The Labute approximate surface area is 238 Å². The van der Waals surface area contributed by atoms with Gasteiger partial charge in [-0.2, -0.15) is 0 Å². The molecular weight excluding hydrogens is 530 g/mol. The molecule has 3 aromatic rings. The third-order valence-corrected chi connectivity index (χ3v) is 7.08. The first kappa shape index (κ1) is 29.6. The van der Waals surface area contributed by atoms with E-state index >= 15 is 0 Å². The van der Waals surface area contributed by atoms with Crippen molar-refractivity contribution >= 4 is 17.4 Å². The minimum absolute atomic E-state index is 0.0309. The first-order chi connectivity index (χ1) is 19.8. The Morgan fingerprint density at radius 2 is 1.22 bits per heavy atom. The number of hydrogen-bond donors (Lipinski definition) is 0. The van der Waals surface area contributed by atoms with Gasteiger partial charge < -0.3 is 24.0 Å². The van der Waals surface area contributed by atoms with Crippen molar-refractivity contribution in [1.29, 1.82) is 0 Å². The maximum absolute atomic E-state index is 13.5. The van der Waals surface area contributed by atoms with Crippen molar-refractivity contribution in [3.63, 3.8) is 0 Å². The Balaban J connectivity index is 1.33. The minimum Gasteiger partial charge on any atom is -0.493 e. The molecule has 0 radical (unpaired) electrons. The van der Waals surface area contributed by atoms with Gasteiger partial charge in [-0.25, -0.2) is 8.78 Å². The summed E-state index contributed by atoms with van der Waals surface area (Å²) in [6.07, 6.45) is 3.60. The van der Waals surface area contributed by atoms with E-state index in [4.69, 9.17) is 14.2 Å². The fourth-order valence-electron chi connectivity index (χ4n) is 4.87. The lowest BCUT2D eigenvalue weighted by molar-refractivity contribution is -0.132. The maximum atomic E-state index is 13.5. The van der Waals surface area contributed by atoms with Crippen molar-refractivity contribution in [2.45, 2.75) is 19.3 Å². The number of unbranched alkanes of at least 4 members (excludes halogenated alkanes) is 1. The largest absolute Gasteiger partial charge is 0.493 e. The van der Waals surface area contributed by atoms with Crippen molar-refractivity contribution in [2.24, 2.45) is 0 Å². The quantitative estimate of drug-likeness (QED) is 0.301. The van der Waals surface area contributed by atoms with E-state index in [2.05, 4.69) is 0 Å². The normalized spacial score (nSPS) is 13.0. The summed E-state index contributed by atoms with van der Waals surface area (Å²) in [6, 6.07) is 15.6.